The Kier molecular flexibility index (Phi) is 5.84. The molecule has 1 aliphatic rings. The fourth-order valence-corrected chi connectivity index (χ4v) is 3.51. The summed E-state index contributed by atoms with van der Waals surface area (Å²) in [5.74, 6) is 0.310. The van der Waals surface area contributed by atoms with E-state index in [0.29, 0.717) is 36.6 Å². The lowest BCUT2D eigenvalue weighted by atomic mass is 10.0. The van der Waals surface area contributed by atoms with E-state index in [1.54, 1.807) is 28.9 Å². The highest BCUT2D eigenvalue weighted by atomic mass is 19.4. The Morgan fingerprint density at radius 1 is 1.34 bits per heavy atom. The van der Waals surface area contributed by atoms with E-state index in [-0.39, 0.29) is 18.6 Å². The van der Waals surface area contributed by atoms with Gasteiger partial charge in [0.2, 0.25) is 0 Å². The minimum absolute atomic E-state index is 0.200. The van der Waals surface area contributed by atoms with Gasteiger partial charge in [-0.25, -0.2) is 0 Å². The number of methoxy groups -OCH3 is 1. The second kappa shape index (κ2) is 8.17. The van der Waals surface area contributed by atoms with E-state index in [1.807, 2.05) is 0 Å². The zero-order chi connectivity index (χ0) is 21.2. The minimum Gasteiger partial charge on any atom is -0.469 e. The lowest BCUT2D eigenvalue weighted by molar-refractivity contribution is -0.137. The summed E-state index contributed by atoms with van der Waals surface area (Å²) in [5.41, 5.74) is -0.575. The monoisotopic (exact) mass is 407 g/mol. The van der Waals surface area contributed by atoms with Crippen LogP contribution < -0.4 is 4.90 Å². The molecule has 29 heavy (non-hydrogen) atoms. The van der Waals surface area contributed by atoms with Crippen LogP contribution in [0.4, 0.5) is 18.9 Å². The van der Waals surface area contributed by atoms with Crippen LogP contribution in [0.5, 0.6) is 0 Å². The second-order valence-electron chi connectivity index (χ2n) is 6.78. The zero-order valence-electron chi connectivity index (χ0n) is 16.0. The van der Waals surface area contributed by atoms with Crippen LogP contribution in [-0.2, 0) is 10.9 Å². The first-order chi connectivity index (χ1) is 13.8. The molecule has 1 unspecified atom stereocenters. The van der Waals surface area contributed by atoms with E-state index < -0.39 is 17.3 Å². The third-order valence-corrected chi connectivity index (χ3v) is 4.99. The first-order valence-electron chi connectivity index (χ1n) is 8.96. The lowest BCUT2D eigenvalue weighted by Crippen LogP contribution is -2.57. The van der Waals surface area contributed by atoms with Crippen molar-refractivity contribution >= 4 is 11.6 Å². The molecule has 3 rings (SSSR count). The molecule has 0 N–H and O–H groups in total. The van der Waals surface area contributed by atoms with Gasteiger partial charge < -0.3 is 19.0 Å². The van der Waals surface area contributed by atoms with Gasteiger partial charge in [-0.05, 0) is 31.2 Å². The number of anilines is 1. The molecular formula is C20H20F3N3O3. The summed E-state index contributed by atoms with van der Waals surface area (Å²) in [6.07, 6.45) is -3.18. The summed E-state index contributed by atoms with van der Waals surface area (Å²) in [6, 6.07) is 6.50. The van der Waals surface area contributed by atoms with Gasteiger partial charge in [-0.15, -0.1) is 0 Å². The van der Waals surface area contributed by atoms with Gasteiger partial charge in [-0.2, -0.15) is 18.4 Å². The summed E-state index contributed by atoms with van der Waals surface area (Å²) >= 11 is 0. The standard InChI is InChI=1S/C20H20F3N3O3/c1-13-17(5-8-29-13)19(27)26-7-6-25(11-16(26)12-28-2)15-4-3-14(10-24)18(9-15)20(21,22)23/h3-5,8-9,16H,6-7,11-12H2,1-2H3. The van der Waals surface area contributed by atoms with Crippen LogP contribution in [-0.4, -0.2) is 50.2 Å². The Bertz CT molecular complexity index is 933. The molecule has 1 aromatic heterocycles. The average molecular weight is 407 g/mol. The number of carbonyl (C=O) groups excluding carboxylic acids is 1. The van der Waals surface area contributed by atoms with Crippen LogP contribution in [0, 0.1) is 18.3 Å². The zero-order valence-corrected chi connectivity index (χ0v) is 16.0. The predicted octanol–water partition coefficient (Wildman–Crippen LogP) is 3.46. The number of nitriles is 1. The number of amides is 1. The van der Waals surface area contributed by atoms with Crippen molar-refractivity contribution in [3.8, 4) is 6.07 Å². The number of piperazine rings is 1. The quantitative estimate of drug-likeness (QED) is 0.777. The Morgan fingerprint density at radius 2 is 2.10 bits per heavy atom. The number of halogens is 3. The van der Waals surface area contributed by atoms with Gasteiger partial charge in [0, 0.05) is 32.4 Å². The van der Waals surface area contributed by atoms with Gasteiger partial charge in [-0.1, -0.05) is 0 Å². The van der Waals surface area contributed by atoms with Crippen LogP contribution in [0.3, 0.4) is 0 Å². The molecular weight excluding hydrogens is 387 g/mol. The summed E-state index contributed by atoms with van der Waals surface area (Å²) in [4.78, 5) is 16.3. The van der Waals surface area contributed by atoms with Gasteiger partial charge >= 0.3 is 6.18 Å². The highest BCUT2D eigenvalue weighted by Crippen LogP contribution is 2.35. The van der Waals surface area contributed by atoms with Crippen molar-refractivity contribution in [2.45, 2.75) is 19.1 Å². The fourth-order valence-electron chi connectivity index (χ4n) is 3.51. The topological polar surface area (TPSA) is 69.7 Å². The molecule has 1 atom stereocenters. The average Bonchev–Trinajstić information content (AvgIpc) is 3.12. The van der Waals surface area contributed by atoms with Crippen molar-refractivity contribution in [1.29, 1.82) is 5.26 Å². The van der Waals surface area contributed by atoms with Gasteiger partial charge in [-0.3, -0.25) is 4.79 Å². The van der Waals surface area contributed by atoms with Gasteiger partial charge in [0.05, 0.1) is 41.7 Å². The molecule has 0 saturated carbocycles. The third-order valence-electron chi connectivity index (χ3n) is 4.99. The summed E-state index contributed by atoms with van der Waals surface area (Å²) in [6.45, 7) is 2.91. The largest absolute Gasteiger partial charge is 0.469 e. The highest BCUT2D eigenvalue weighted by Gasteiger charge is 2.36. The first kappa shape index (κ1) is 20.7. The maximum absolute atomic E-state index is 13.3. The summed E-state index contributed by atoms with van der Waals surface area (Å²) < 4.78 is 50.3. The molecule has 6 nitrogen and oxygen atoms in total. The van der Waals surface area contributed by atoms with Crippen molar-refractivity contribution in [3.05, 3.63) is 53.0 Å². The van der Waals surface area contributed by atoms with Crippen LogP contribution in [0.2, 0.25) is 0 Å². The molecule has 2 heterocycles. The van der Waals surface area contributed by atoms with Crippen molar-refractivity contribution in [1.82, 2.24) is 4.90 Å². The van der Waals surface area contributed by atoms with E-state index >= 15 is 0 Å². The number of furan rings is 1. The Morgan fingerprint density at radius 3 is 2.69 bits per heavy atom. The maximum atomic E-state index is 13.3. The molecule has 1 aliphatic heterocycles. The van der Waals surface area contributed by atoms with E-state index in [4.69, 9.17) is 14.4 Å². The minimum atomic E-state index is -4.62. The molecule has 1 saturated heterocycles. The highest BCUT2D eigenvalue weighted by molar-refractivity contribution is 5.95. The molecule has 1 fully saturated rings. The van der Waals surface area contributed by atoms with Crippen LogP contribution in [0.25, 0.3) is 0 Å². The molecule has 9 heteroatoms. The first-order valence-corrected chi connectivity index (χ1v) is 8.96. The number of benzene rings is 1. The summed E-state index contributed by atoms with van der Waals surface area (Å²) in [5, 5.41) is 8.97. The third kappa shape index (κ3) is 4.22. The number of carbonyl (C=O) groups is 1. The van der Waals surface area contributed by atoms with Crippen molar-refractivity contribution in [2.75, 3.05) is 38.3 Å². The van der Waals surface area contributed by atoms with Crippen LogP contribution >= 0.6 is 0 Å². The van der Waals surface area contributed by atoms with Gasteiger partial charge in [0.15, 0.2) is 0 Å². The number of ether oxygens (including phenoxy) is 1. The molecule has 0 aliphatic carbocycles. The number of alkyl halides is 3. The number of hydrogen-bond donors (Lipinski definition) is 0. The second-order valence-corrected chi connectivity index (χ2v) is 6.78. The number of nitrogens with zero attached hydrogens (tertiary/aromatic N) is 3. The smallest absolute Gasteiger partial charge is 0.417 e. The summed E-state index contributed by atoms with van der Waals surface area (Å²) in [7, 11) is 1.51. The maximum Gasteiger partial charge on any atom is 0.417 e. The van der Waals surface area contributed by atoms with Crippen molar-refractivity contribution in [2.24, 2.45) is 0 Å². The molecule has 154 valence electrons. The molecule has 0 bridgehead atoms. The Balaban J connectivity index is 1.85. The molecule has 1 aromatic carbocycles. The normalized spacial score (nSPS) is 17.3. The SMILES string of the molecule is COCC1CN(c2ccc(C#N)c(C(F)(F)F)c2)CCN1C(=O)c1ccoc1C. The van der Waals surface area contributed by atoms with E-state index in [2.05, 4.69) is 0 Å². The Labute approximate surface area is 166 Å². The van der Waals surface area contributed by atoms with E-state index in [9.17, 15) is 18.0 Å². The van der Waals surface area contributed by atoms with Crippen LogP contribution in [0.15, 0.2) is 34.9 Å². The van der Waals surface area contributed by atoms with E-state index in [0.717, 1.165) is 6.07 Å². The molecule has 0 spiro atoms. The van der Waals surface area contributed by atoms with Crippen molar-refractivity contribution < 1.29 is 27.1 Å². The molecule has 0 radical (unpaired) electrons. The number of hydrogen-bond acceptors (Lipinski definition) is 5. The van der Waals surface area contributed by atoms with Crippen LogP contribution in [0.1, 0.15) is 27.2 Å². The fraction of sp³-hybridized carbons (Fsp3) is 0.400. The Hall–Kier alpha value is -2.99. The van der Waals surface area contributed by atoms with Gasteiger partial charge in [0.1, 0.15) is 5.76 Å². The molecule has 1 amide bonds. The van der Waals surface area contributed by atoms with Crippen molar-refractivity contribution in [3.63, 3.8) is 0 Å². The van der Waals surface area contributed by atoms with E-state index in [1.165, 1.54) is 25.5 Å². The number of rotatable bonds is 4. The number of aryl methyl sites for hydroxylation is 1. The lowest BCUT2D eigenvalue weighted by Gasteiger charge is -2.42. The molecule has 2 aromatic rings. The predicted molar refractivity (Wildman–Crippen MR) is 98.5 cm³/mol. The van der Waals surface area contributed by atoms with Gasteiger partial charge in [0.25, 0.3) is 5.91 Å².